The number of nitrogens with one attached hydrogen (secondary N) is 1. The summed E-state index contributed by atoms with van der Waals surface area (Å²) in [6.07, 6.45) is 3.86. The van der Waals surface area contributed by atoms with E-state index in [-0.39, 0.29) is 23.8 Å². The summed E-state index contributed by atoms with van der Waals surface area (Å²) in [5, 5.41) is 2.98. The predicted molar refractivity (Wildman–Crippen MR) is 95.0 cm³/mol. The second-order valence-electron chi connectivity index (χ2n) is 6.34. The maximum Gasteiger partial charge on any atom is 0.243 e. The molecule has 0 radical (unpaired) electrons. The Morgan fingerprint density at radius 3 is 2.67 bits per heavy atom. The minimum atomic E-state index is -0.307. The highest BCUT2D eigenvalue weighted by molar-refractivity contribution is 7.99. The summed E-state index contributed by atoms with van der Waals surface area (Å²) in [4.78, 5) is 26.6. The molecule has 0 bridgehead atoms. The molecule has 0 unspecified atom stereocenters. The molecule has 1 aromatic rings. The van der Waals surface area contributed by atoms with Gasteiger partial charge in [0.05, 0.1) is 13.0 Å². The van der Waals surface area contributed by atoms with E-state index in [1.54, 1.807) is 23.8 Å². The van der Waals surface area contributed by atoms with Crippen LogP contribution < -0.4 is 10.1 Å². The van der Waals surface area contributed by atoms with E-state index in [9.17, 15) is 9.59 Å². The van der Waals surface area contributed by atoms with Gasteiger partial charge in [-0.15, -0.1) is 11.8 Å². The number of carbonyl (C=O) groups excluding carboxylic acids is 2. The van der Waals surface area contributed by atoms with Gasteiger partial charge in [0.1, 0.15) is 11.8 Å². The fraction of sp³-hybridized carbons (Fsp3) is 0.556. The molecule has 1 aromatic carbocycles. The zero-order chi connectivity index (χ0) is 16.9. The first-order chi connectivity index (χ1) is 11.7. The number of carbonyl (C=O) groups is 2. The SMILES string of the molecule is COc1ccc(CCNC(=O)[C@@H]2CSCN2C(=O)C2CCC2)cc1. The number of amides is 2. The molecule has 1 saturated carbocycles. The van der Waals surface area contributed by atoms with Crippen LogP contribution in [-0.2, 0) is 16.0 Å². The molecule has 1 heterocycles. The smallest absolute Gasteiger partial charge is 0.243 e. The Hall–Kier alpha value is -1.69. The molecule has 3 rings (SSSR count). The Labute approximate surface area is 147 Å². The van der Waals surface area contributed by atoms with Crippen molar-refractivity contribution < 1.29 is 14.3 Å². The van der Waals surface area contributed by atoms with Crippen molar-refractivity contribution in [3.63, 3.8) is 0 Å². The molecule has 0 aromatic heterocycles. The van der Waals surface area contributed by atoms with Gasteiger partial charge >= 0.3 is 0 Å². The second-order valence-corrected chi connectivity index (χ2v) is 7.34. The van der Waals surface area contributed by atoms with E-state index in [1.807, 2.05) is 24.3 Å². The lowest BCUT2D eigenvalue weighted by atomic mass is 9.84. The average Bonchev–Trinajstić information content (AvgIpc) is 3.03. The minimum absolute atomic E-state index is 0.0267. The number of hydrogen-bond acceptors (Lipinski definition) is 4. The Morgan fingerprint density at radius 2 is 2.04 bits per heavy atom. The van der Waals surface area contributed by atoms with Crippen LogP contribution in [0.1, 0.15) is 24.8 Å². The summed E-state index contributed by atoms with van der Waals surface area (Å²) in [5.41, 5.74) is 1.15. The summed E-state index contributed by atoms with van der Waals surface area (Å²) >= 11 is 1.66. The molecule has 1 aliphatic heterocycles. The van der Waals surface area contributed by atoms with Crippen LogP contribution in [0.25, 0.3) is 0 Å². The lowest BCUT2D eigenvalue weighted by Gasteiger charge is -2.31. The van der Waals surface area contributed by atoms with Gasteiger partial charge in [0, 0.05) is 18.2 Å². The van der Waals surface area contributed by atoms with Crippen molar-refractivity contribution in [3.05, 3.63) is 29.8 Å². The second kappa shape index (κ2) is 7.92. The Morgan fingerprint density at radius 1 is 1.29 bits per heavy atom. The van der Waals surface area contributed by atoms with Gasteiger partial charge in [0.25, 0.3) is 0 Å². The molecule has 0 spiro atoms. The number of rotatable bonds is 6. The van der Waals surface area contributed by atoms with Gasteiger partial charge in [-0.3, -0.25) is 9.59 Å². The molecule has 130 valence electrons. The number of hydrogen-bond donors (Lipinski definition) is 1. The molecule has 2 amide bonds. The van der Waals surface area contributed by atoms with E-state index in [0.717, 1.165) is 37.0 Å². The van der Waals surface area contributed by atoms with E-state index in [0.29, 0.717) is 18.2 Å². The molecule has 1 N–H and O–H groups in total. The normalized spacial score (nSPS) is 20.5. The molecule has 24 heavy (non-hydrogen) atoms. The highest BCUT2D eigenvalue weighted by Gasteiger charge is 2.38. The summed E-state index contributed by atoms with van der Waals surface area (Å²) in [6, 6.07) is 7.54. The monoisotopic (exact) mass is 348 g/mol. The molecule has 5 nitrogen and oxygen atoms in total. The number of methoxy groups -OCH3 is 1. The molecule has 1 atom stereocenters. The zero-order valence-corrected chi connectivity index (χ0v) is 14.8. The maximum absolute atomic E-state index is 12.4. The Balaban J connectivity index is 1.47. The third kappa shape index (κ3) is 3.86. The van der Waals surface area contributed by atoms with Gasteiger partial charge in [-0.2, -0.15) is 0 Å². The molecular formula is C18H24N2O3S. The number of ether oxygens (including phenoxy) is 1. The molecule has 2 fully saturated rings. The first-order valence-electron chi connectivity index (χ1n) is 8.48. The van der Waals surface area contributed by atoms with E-state index >= 15 is 0 Å². The highest BCUT2D eigenvalue weighted by atomic mass is 32.2. The van der Waals surface area contributed by atoms with Crippen LogP contribution in [0.3, 0.4) is 0 Å². The fourth-order valence-electron chi connectivity index (χ4n) is 3.01. The topological polar surface area (TPSA) is 58.6 Å². The predicted octanol–water partition coefficient (Wildman–Crippen LogP) is 2.06. The number of benzene rings is 1. The van der Waals surface area contributed by atoms with Crippen molar-refractivity contribution in [2.24, 2.45) is 5.92 Å². The van der Waals surface area contributed by atoms with Crippen molar-refractivity contribution in [3.8, 4) is 5.75 Å². The van der Waals surface area contributed by atoms with Crippen molar-refractivity contribution in [2.75, 3.05) is 25.3 Å². The van der Waals surface area contributed by atoms with Gasteiger partial charge in [-0.25, -0.2) is 0 Å². The number of thioether (sulfide) groups is 1. The van der Waals surface area contributed by atoms with E-state index < -0.39 is 0 Å². The van der Waals surface area contributed by atoms with Gasteiger partial charge in [-0.05, 0) is 37.0 Å². The standard InChI is InChI=1S/C18H24N2O3S/c1-23-15-7-5-13(6-8-15)9-10-19-17(21)16-11-24-12-20(16)18(22)14-3-2-4-14/h5-8,14,16H,2-4,9-12H2,1H3,(H,19,21)/t16-/m0/s1. The minimum Gasteiger partial charge on any atom is -0.497 e. The van der Waals surface area contributed by atoms with Crippen molar-refractivity contribution in [1.82, 2.24) is 10.2 Å². The summed E-state index contributed by atoms with van der Waals surface area (Å²) < 4.78 is 5.14. The molecule has 1 aliphatic carbocycles. The van der Waals surface area contributed by atoms with Crippen LogP contribution in [0.5, 0.6) is 5.75 Å². The van der Waals surface area contributed by atoms with Crippen molar-refractivity contribution >= 4 is 23.6 Å². The zero-order valence-electron chi connectivity index (χ0n) is 14.0. The summed E-state index contributed by atoms with van der Waals surface area (Å²) in [6.45, 7) is 0.581. The number of nitrogens with zero attached hydrogens (tertiary/aromatic N) is 1. The third-order valence-corrected chi connectivity index (χ3v) is 5.81. The van der Waals surface area contributed by atoms with E-state index in [2.05, 4.69) is 5.32 Å². The summed E-state index contributed by atoms with van der Waals surface area (Å²) in [5.74, 6) is 2.47. The van der Waals surface area contributed by atoms with Crippen LogP contribution in [0.2, 0.25) is 0 Å². The van der Waals surface area contributed by atoms with Crippen LogP contribution in [0.4, 0.5) is 0 Å². The Kier molecular flexibility index (Phi) is 5.66. The van der Waals surface area contributed by atoms with E-state index in [1.165, 1.54) is 0 Å². The molecule has 6 heteroatoms. The quantitative estimate of drug-likeness (QED) is 0.855. The Bertz CT molecular complexity index is 586. The molecule has 1 saturated heterocycles. The van der Waals surface area contributed by atoms with E-state index in [4.69, 9.17) is 4.74 Å². The van der Waals surface area contributed by atoms with Gasteiger partial charge < -0.3 is 15.0 Å². The van der Waals surface area contributed by atoms with Gasteiger partial charge in [-0.1, -0.05) is 18.6 Å². The molecule has 2 aliphatic rings. The van der Waals surface area contributed by atoms with Crippen molar-refractivity contribution in [1.29, 1.82) is 0 Å². The highest BCUT2D eigenvalue weighted by Crippen LogP contribution is 2.32. The molecular weight excluding hydrogens is 324 g/mol. The first-order valence-corrected chi connectivity index (χ1v) is 9.63. The van der Waals surface area contributed by atoms with Gasteiger partial charge in [0.2, 0.25) is 11.8 Å². The van der Waals surface area contributed by atoms with Crippen LogP contribution in [-0.4, -0.2) is 48.0 Å². The third-order valence-electron chi connectivity index (χ3n) is 4.79. The van der Waals surface area contributed by atoms with Gasteiger partial charge in [0.15, 0.2) is 0 Å². The van der Waals surface area contributed by atoms with Crippen LogP contribution >= 0.6 is 11.8 Å². The summed E-state index contributed by atoms with van der Waals surface area (Å²) in [7, 11) is 1.64. The average molecular weight is 348 g/mol. The maximum atomic E-state index is 12.4. The largest absolute Gasteiger partial charge is 0.497 e. The van der Waals surface area contributed by atoms with Crippen LogP contribution in [0, 0.1) is 5.92 Å². The fourth-order valence-corrected chi connectivity index (χ4v) is 4.17. The first kappa shape index (κ1) is 17.1. The van der Waals surface area contributed by atoms with Crippen LogP contribution in [0.15, 0.2) is 24.3 Å². The lowest BCUT2D eigenvalue weighted by molar-refractivity contribution is -0.143. The lowest BCUT2D eigenvalue weighted by Crippen LogP contribution is -2.50. The van der Waals surface area contributed by atoms with Crippen molar-refractivity contribution in [2.45, 2.75) is 31.7 Å².